The smallest absolute Gasteiger partial charge is 0.261 e. The number of hydrogen-bond acceptors (Lipinski definition) is 4. The summed E-state index contributed by atoms with van der Waals surface area (Å²) in [6, 6.07) is 7.02. The zero-order chi connectivity index (χ0) is 17.6. The van der Waals surface area contributed by atoms with Crippen LogP contribution in [-0.4, -0.2) is 45.9 Å². The van der Waals surface area contributed by atoms with Crippen molar-refractivity contribution in [2.75, 3.05) is 19.6 Å². The summed E-state index contributed by atoms with van der Waals surface area (Å²) in [5.74, 6) is -0.227. The highest BCUT2D eigenvalue weighted by Gasteiger charge is 2.16. The molecule has 1 saturated heterocycles. The molecule has 1 aliphatic rings. The minimum absolute atomic E-state index is 0.0736. The average Bonchev–Trinajstić information content (AvgIpc) is 2.65. The van der Waals surface area contributed by atoms with Crippen molar-refractivity contribution < 1.29 is 9.59 Å². The lowest BCUT2D eigenvalue weighted by atomic mass is 10.1. The van der Waals surface area contributed by atoms with Crippen LogP contribution in [0.1, 0.15) is 25.7 Å². The third-order valence-electron chi connectivity index (χ3n) is 4.42. The van der Waals surface area contributed by atoms with E-state index in [1.807, 2.05) is 11.0 Å². The Kier molecular flexibility index (Phi) is 5.42. The Morgan fingerprint density at radius 2 is 1.88 bits per heavy atom. The van der Waals surface area contributed by atoms with Gasteiger partial charge in [0.1, 0.15) is 6.54 Å². The molecule has 0 unspecified atom stereocenters. The molecule has 0 spiro atoms. The first-order chi connectivity index (χ1) is 12.1. The van der Waals surface area contributed by atoms with Crippen molar-refractivity contribution in [2.24, 2.45) is 0 Å². The minimum Gasteiger partial charge on any atom is -0.354 e. The first-order valence-electron chi connectivity index (χ1n) is 8.64. The summed E-state index contributed by atoms with van der Waals surface area (Å²) in [6.45, 7) is 1.80. The zero-order valence-corrected chi connectivity index (χ0v) is 14.1. The van der Waals surface area contributed by atoms with E-state index in [0.29, 0.717) is 10.9 Å². The number of carbonyl (C=O) groups is 2. The van der Waals surface area contributed by atoms with E-state index in [1.165, 1.54) is 17.3 Å². The van der Waals surface area contributed by atoms with Crippen LogP contribution in [0.4, 0.5) is 0 Å². The number of likely N-dealkylation sites (tertiary alicyclic amines) is 1. The van der Waals surface area contributed by atoms with Crippen LogP contribution in [-0.2, 0) is 16.1 Å². The van der Waals surface area contributed by atoms with Crippen molar-refractivity contribution in [3.05, 3.63) is 40.9 Å². The number of aromatic nitrogens is 2. The number of para-hydroxylation sites is 1. The van der Waals surface area contributed by atoms with Crippen molar-refractivity contribution in [3.63, 3.8) is 0 Å². The van der Waals surface area contributed by atoms with E-state index < -0.39 is 0 Å². The highest BCUT2D eigenvalue weighted by molar-refractivity contribution is 5.80. The molecule has 1 aromatic carbocycles. The molecule has 0 radical (unpaired) electrons. The number of fused-ring (bicyclic) bond motifs is 1. The largest absolute Gasteiger partial charge is 0.354 e. The maximum Gasteiger partial charge on any atom is 0.261 e. The van der Waals surface area contributed by atoms with Gasteiger partial charge in [-0.05, 0) is 31.4 Å². The molecule has 7 heteroatoms. The van der Waals surface area contributed by atoms with Crippen LogP contribution >= 0.6 is 0 Å². The van der Waals surface area contributed by atoms with Crippen LogP contribution in [0.25, 0.3) is 10.9 Å². The van der Waals surface area contributed by atoms with E-state index in [2.05, 4.69) is 10.3 Å². The van der Waals surface area contributed by atoms with Crippen LogP contribution in [0, 0.1) is 0 Å². The topological polar surface area (TPSA) is 84.3 Å². The number of nitrogens with zero attached hydrogens (tertiary/aromatic N) is 3. The second-order valence-electron chi connectivity index (χ2n) is 6.24. The van der Waals surface area contributed by atoms with Gasteiger partial charge in [-0.2, -0.15) is 0 Å². The Labute approximate surface area is 145 Å². The van der Waals surface area contributed by atoms with Crippen LogP contribution in [0.2, 0.25) is 0 Å². The molecule has 1 aromatic heterocycles. The number of carbonyl (C=O) groups excluding carboxylic acids is 2. The molecule has 1 N–H and O–H groups in total. The molecule has 25 heavy (non-hydrogen) atoms. The fourth-order valence-electron chi connectivity index (χ4n) is 3.04. The first-order valence-corrected chi connectivity index (χ1v) is 8.64. The third-order valence-corrected chi connectivity index (χ3v) is 4.42. The van der Waals surface area contributed by atoms with Crippen molar-refractivity contribution in [1.82, 2.24) is 19.8 Å². The quantitative estimate of drug-likeness (QED) is 0.875. The summed E-state index contributed by atoms with van der Waals surface area (Å²) in [4.78, 5) is 42.5. The van der Waals surface area contributed by atoms with E-state index in [1.54, 1.807) is 18.2 Å². The maximum atomic E-state index is 12.3. The Morgan fingerprint density at radius 3 is 2.68 bits per heavy atom. The molecule has 1 aliphatic heterocycles. The Morgan fingerprint density at radius 1 is 1.12 bits per heavy atom. The third kappa shape index (κ3) is 4.23. The highest BCUT2D eigenvalue weighted by atomic mass is 16.2. The maximum absolute atomic E-state index is 12.3. The van der Waals surface area contributed by atoms with Gasteiger partial charge in [0.05, 0.1) is 17.2 Å². The lowest BCUT2D eigenvalue weighted by molar-refractivity contribution is -0.132. The zero-order valence-electron chi connectivity index (χ0n) is 14.1. The van der Waals surface area contributed by atoms with Crippen molar-refractivity contribution >= 4 is 22.7 Å². The van der Waals surface area contributed by atoms with Gasteiger partial charge in [0, 0.05) is 26.1 Å². The number of amides is 2. The van der Waals surface area contributed by atoms with Gasteiger partial charge in [0.15, 0.2) is 0 Å². The number of rotatable bonds is 5. The van der Waals surface area contributed by atoms with Crippen molar-refractivity contribution in [2.45, 2.75) is 32.2 Å². The van der Waals surface area contributed by atoms with Gasteiger partial charge in [-0.1, -0.05) is 12.1 Å². The summed E-state index contributed by atoms with van der Waals surface area (Å²) in [6.07, 6.45) is 4.95. The Bertz CT molecular complexity index is 824. The van der Waals surface area contributed by atoms with Gasteiger partial charge < -0.3 is 10.2 Å². The highest BCUT2D eigenvalue weighted by Crippen LogP contribution is 2.09. The fraction of sp³-hybridized carbons (Fsp3) is 0.444. The average molecular weight is 342 g/mol. The summed E-state index contributed by atoms with van der Waals surface area (Å²) in [5.41, 5.74) is 0.362. The van der Waals surface area contributed by atoms with E-state index in [-0.39, 0.29) is 36.9 Å². The predicted octanol–water partition coefficient (Wildman–Crippen LogP) is 0.915. The van der Waals surface area contributed by atoms with E-state index in [4.69, 9.17) is 0 Å². The first kappa shape index (κ1) is 17.1. The lowest BCUT2D eigenvalue weighted by Gasteiger charge is -2.26. The molecule has 2 amide bonds. The predicted molar refractivity (Wildman–Crippen MR) is 94.1 cm³/mol. The molecule has 0 bridgehead atoms. The van der Waals surface area contributed by atoms with Crippen LogP contribution in [0.3, 0.4) is 0 Å². The molecule has 2 aromatic rings. The van der Waals surface area contributed by atoms with Gasteiger partial charge in [-0.15, -0.1) is 0 Å². The molecule has 132 valence electrons. The SMILES string of the molecule is O=C(Cn1cnc2ccccc2c1=O)NCCC(=O)N1CCCCC1. The molecule has 0 aliphatic carbocycles. The molecule has 0 atom stereocenters. The molecular weight excluding hydrogens is 320 g/mol. The molecular formula is C18H22N4O3. The minimum atomic E-state index is -0.300. The summed E-state index contributed by atoms with van der Waals surface area (Å²) < 4.78 is 1.28. The van der Waals surface area contributed by atoms with Gasteiger partial charge in [0.2, 0.25) is 11.8 Å². The second kappa shape index (κ2) is 7.92. The number of benzene rings is 1. The number of nitrogens with one attached hydrogen (secondary N) is 1. The molecule has 2 heterocycles. The summed E-state index contributed by atoms with van der Waals surface area (Å²) >= 11 is 0. The van der Waals surface area contributed by atoms with Crippen LogP contribution < -0.4 is 10.9 Å². The summed E-state index contributed by atoms with van der Waals surface area (Å²) in [7, 11) is 0. The van der Waals surface area contributed by atoms with Crippen molar-refractivity contribution in [3.8, 4) is 0 Å². The fourth-order valence-corrected chi connectivity index (χ4v) is 3.04. The lowest BCUT2D eigenvalue weighted by Crippen LogP contribution is -2.38. The van der Waals surface area contributed by atoms with E-state index in [9.17, 15) is 14.4 Å². The Hall–Kier alpha value is -2.70. The van der Waals surface area contributed by atoms with Crippen molar-refractivity contribution in [1.29, 1.82) is 0 Å². The van der Waals surface area contributed by atoms with Gasteiger partial charge in [-0.25, -0.2) is 4.98 Å². The van der Waals surface area contributed by atoms with Crippen LogP contribution in [0.15, 0.2) is 35.4 Å². The van der Waals surface area contributed by atoms with Crippen LogP contribution in [0.5, 0.6) is 0 Å². The molecule has 1 fully saturated rings. The molecule has 0 saturated carbocycles. The van der Waals surface area contributed by atoms with Gasteiger partial charge in [0.25, 0.3) is 5.56 Å². The molecule has 3 rings (SSSR count). The number of piperidine rings is 1. The molecule has 7 nitrogen and oxygen atoms in total. The van der Waals surface area contributed by atoms with Gasteiger partial charge >= 0.3 is 0 Å². The standard InChI is InChI=1S/C18H22N4O3/c23-16(19-9-8-17(24)21-10-4-1-5-11-21)12-22-13-20-15-7-3-2-6-14(15)18(22)25/h2-3,6-7,13H,1,4-5,8-12H2,(H,19,23). The second-order valence-corrected chi connectivity index (χ2v) is 6.24. The van der Waals surface area contributed by atoms with Gasteiger partial charge in [-0.3, -0.25) is 19.0 Å². The normalized spacial score (nSPS) is 14.5. The van der Waals surface area contributed by atoms with E-state index >= 15 is 0 Å². The monoisotopic (exact) mass is 342 g/mol. The Balaban J connectivity index is 1.52. The summed E-state index contributed by atoms with van der Waals surface area (Å²) in [5, 5.41) is 3.19. The van der Waals surface area contributed by atoms with E-state index in [0.717, 1.165) is 25.9 Å². The number of hydrogen-bond donors (Lipinski definition) is 1.